The fourth-order valence-corrected chi connectivity index (χ4v) is 2.58. The van der Waals surface area contributed by atoms with E-state index in [1.165, 1.54) is 0 Å². The fraction of sp³-hybridized carbons (Fsp3) is 0.846. The maximum absolute atomic E-state index is 6.04. The quantitative estimate of drug-likeness (QED) is 0.901. The first-order valence-corrected chi connectivity index (χ1v) is 6.68. The minimum absolute atomic E-state index is 0.0586. The molecule has 0 aromatic carbocycles. The van der Waals surface area contributed by atoms with E-state index in [9.17, 15) is 0 Å². The smallest absolute Gasteiger partial charge is 0.318 e. The maximum atomic E-state index is 6.04. The zero-order valence-electron chi connectivity index (χ0n) is 12.6. The van der Waals surface area contributed by atoms with Gasteiger partial charge in [0.2, 0.25) is 5.89 Å². The van der Waals surface area contributed by atoms with Crippen molar-refractivity contribution in [2.45, 2.75) is 51.9 Å². The van der Waals surface area contributed by atoms with Crippen LogP contribution in [0.5, 0.6) is 0 Å². The SMILES string of the molecule is CNC(C)c1nnc(N2CC(C)(C)OC(C)(C)C2)o1. The van der Waals surface area contributed by atoms with E-state index >= 15 is 0 Å². The average molecular weight is 268 g/mol. The van der Waals surface area contributed by atoms with Gasteiger partial charge in [-0.15, -0.1) is 5.10 Å². The van der Waals surface area contributed by atoms with Crippen LogP contribution in [0.2, 0.25) is 0 Å². The summed E-state index contributed by atoms with van der Waals surface area (Å²) in [6, 6.07) is 0.630. The third-order valence-electron chi connectivity index (χ3n) is 3.20. The number of morpholine rings is 1. The Kier molecular flexibility index (Phi) is 3.57. The number of hydrogen-bond acceptors (Lipinski definition) is 6. The lowest BCUT2D eigenvalue weighted by Crippen LogP contribution is -2.57. The van der Waals surface area contributed by atoms with Gasteiger partial charge in [0, 0.05) is 0 Å². The van der Waals surface area contributed by atoms with Crippen molar-refractivity contribution in [1.29, 1.82) is 0 Å². The first-order valence-electron chi connectivity index (χ1n) is 6.68. The fourth-order valence-electron chi connectivity index (χ4n) is 2.58. The molecule has 0 spiro atoms. The largest absolute Gasteiger partial charge is 0.406 e. The van der Waals surface area contributed by atoms with Gasteiger partial charge < -0.3 is 19.4 Å². The van der Waals surface area contributed by atoms with Gasteiger partial charge in [0.15, 0.2) is 0 Å². The van der Waals surface area contributed by atoms with Gasteiger partial charge in [0.25, 0.3) is 0 Å². The van der Waals surface area contributed by atoms with Gasteiger partial charge in [-0.2, -0.15) is 0 Å². The van der Waals surface area contributed by atoms with E-state index in [1.807, 2.05) is 14.0 Å². The molecule has 108 valence electrons. The van der Waals surface area contributed by atoms with Crippen molar-refractivity contribution in [2.24, 2.45) is 0 Å². The highest BCUT2D eigenvalue weighted by Gasteiger charge is 2.39. The average Bonchev–Trinajstić information content (AvgIpc) is 2.73. The second-order valence-corrected chi connectivity index (χ2v) is 6.41. The molecule has 2 rings (SSSR count). The summed E-state index contributed by atoms with van der Waals surface area (Å²) in [5.74, 6) is 0.611. The highest BCUT2D eigenvalue weighted by molar-refractivity contribution is 5.28. The van der Waals surface area contributed by atoms with E-state index in [1.54, 1.807) is 0 Å². The van der Waals surface area contributed by atoms with Crippen LogP contribution < -0.4 is 10.2 Å². The van der Waals surface area contributed by atoms with Gasteiger partial charge in [0.1, 0.15) is 0 Å². The molecule has 1 atom stereocenters. The maximum Gasteiger partial charge on any atom is 0.318 e. The molecule has 6 heteroatoms. The lowest BCUT2D eigenvalue weighted by molar-refractivity contribution is -0.134. The predicted octanol–water partition coefficient (Wildman–Crippen LogP) is 1.74. The van der Waals surface area contributed by atoms with E-state index < -0.39 is 0 Å². The molecule has 2 heterocycles. The lowest BCUT2D eigenvalue weighted by Gasteiger charge is -2.46. The van der Waals surface area contributed by atoms with Crippen LogP contribution in [0.15, 0.2) is 4.42 Å². The lowest BCUT2D eigenvalue weighted by atomic mass is 9.99. The topological polar surface area (TPSA) is 63.4 Å². The van der Waals surface area contributed by atoms with Crippen LogP contribution in [-0.4, -0.2) is 41.5 Å². The van der Waals surface area contributed by atoms with Gasteiger partial charge in [-0.1, -0.05) is 5.10 Å². The van der Waals surface area contributed by atoms with E-state index in [0.717, 1.165) is 13.1 Å². The van der Waals surface area contributed by atoms with E-state index in [4.69, 9.17) is 9.15 Å². The molecule has 0 radical (unpaired) electrons. The second kappa shape index (κ2) is 4.76. The van der Waals surface area contributed by atoms with Crippen molar-refractivity contribution in [2.75, 3.05) is 25.0 Å². The number of aromatic nitrogens is 2. The third kappa shape index (κ3) is 3.25. The number of hydrogen-bond donors (Lipinski definition) is 1. The Balaban J connectivity index is 2.19. The third-order valence-corrected chi connectivity index (χ3v) is 3.20. The molecule has 6 nitrogen and oxygen atoms in total. The Morgan fingerprint density at radius 2 is 1.74 bits per heavy atom. The molecule has 1 aromatic rings. The Morgan fingerprint density at radius 1 is 1.16 bits per heavy atom. The number of anilines is 1. The van der Waals surface area contributed by atoms with Crippen LogP contribution in [-0.2, 0) is 4.74 Å². The number of nitrogens with one attached hydrogen (secondary N) is 1. The molecule has 1 saturated heterocycles. The molecule has 0 amide bonds. The molecule has 0 aliphatic carbocycles. The molecule has 19 heavy (non-hydrogen) atoms. The summed E-state index contributed by atoms with van der Waals surface area (Å²) in [6.45, 7) is 11.8. The van der Waals surface area contributed by atoms with Crippen molar-refractivity contribution >= 4 is 6.01 Å². The van der Waals surface area contributed by atoms with Crippen molar-refractivity contribution in [1.82, 2.24) is 15.5 Å². The van der Waals surface area contributed by atoms with Crippen LogP contribution >= 0.6 is 0 Å². The minimum atomic E-state index is -0.231. The minimum Gasteiger partial charge on any atom is -0.406 e. The molecular weight excluding hydrogens is 244 g/mol. The molecule has 1 aliphatic rings. The zero-order chi connectivity index (χ0) is 14.3. The van der Waals surface area contributed by atoms with Crippen molar-refractivity contribution in [3.63, 3.8) is 0 Å². The second-order valence-electron chi connectivity index (χ2n) is 6.41. The first-order chi connectivity index (χ1) is 8.72. The zero-order valence-corrected chi connectivity index (χ0v) is 12.6. The van der Waals surface area contributed by atoms with Crippen LogP contribution in [0.4, 0.5) is 6.01 Å². The van der Waals surface area contributed by atoms with Crippen molar-refractivity contribution in [3.8, 4) is 0 Å². The molecule has 1 aliphatic heterocycles. The molecule has 0 saturated carbocycles. The summed E-state index contributed by atoms with van der Waals surface area (Å²) in [4.78, 5) is 2.10. The molecule has 1 N–H and O–H groups in total. The molecule has 0 bridgehead atoms. The summed E-state index contributed by atoms with van der Waals surface area (Å²) < 4.78 is 11.8. The summed E-state index contributed by atoms with van der Waals surface area (Å²) in [6.07, 6.45) is 0. The van der Waals surface area contributed by atoms with Gasteiger partial charge in [0.05, 0.1) is 30.3 Å². The molecule has 1 unspecified atom stereocenters. The predicted molar refractivity (Wildman–Crippen MR) is 73.2 cm³/mol. The Morgan fingerprint density at radius 3 is 2.26 bits per heavy atom. The van der Waals surface area contributed by atoms with Crippen molar-refractivity contribution < 1.29 is 9.15 Å². The molecular formula is C13H24N4O2. The number of nitrogens with zero attached hydrogens (tertiary/aromatic N) is 3. The van der Waals surface area contributed by atoms with E-state index in [0.29, 0.717) is 11.9 Å². The van der Waals surface area contributed by atoms with Gasteiger partial charge in [-0.3, -0.25) is 0 Å². The summed E-state index contributed by atoms with van der Waals surface area (Å²) in [5.41, 5.74) is -0.462. The highest BCUT2D eigenvalue weighted by atomic mass is 16.5. The van der Waals surface area contributed by atoms with Gasteiger partial charge in [-0.05, 0) is 41.7 Å². The highest BCUT2D eigenvalue weighted by Crippen LogP contribution is 2.31. The summed E-state index contributed by atoms with van der Waals surface area (Å²) >= 11 is 0. The molecule has 1 aromatic heterocycles. The normalized spacial score (nSPS) is 23.4. The monoisotopic (exact) mass is 268 g/mol. The summed E-state index contributed by atoms with van der Waals surface area (Å²) in [5, 5.41) is 11.3. The first kappa shape index (κ1) is 14.3. The Hall–Kier alpha value is -1.14. The number of ether oxygens (including phenoxy) is 1. The van der Waals surface area contributed by atoms with E-state index in [2.05, 4.69) is 48.1 Å². The van der Waals surface area contributed by atoms with Crippen LogP contribution in [0.3, 0.4) is 0 Å². The standard InChI is InChI=1S/C13H24N4O2/c1-9(14-6)10-15-16-11(18-10)17-7-12(2,3)19-13(4,5)8-17/h9,14H,7-8H2,1-6H3. The Bertz CT molecular complexity index is 426. The van der Waals surface area contributed by atoms with E-state index in [-0.39, 0.29) is 17.2 Å². The number of rotatable bonds is 3. The van der Waals surface area contributed by atoms with Crippen LogP contribution in [0, 0.1) is 0 Å². The van der Waals surface area contributed by atoms with Gasteiger partial charge >= 0.3 is 6.01 Å². The van der Waals surface area contributed by atoms with Crippen LogP contribution in [0.25, 0.3) is 0 Å². The molecule has 1 fully saturated rings. The summed E-state index contributed by atoms with van der Waals surface area (Å²) in [7, 11) is 1.87. The van der Waals surface area contributed by atoms with Crippen molar-refractivity contribution in [3.05, 3.63) is 5.89 Å². The van der Waals surface area contributed by atoms with Crippen LogP contribution in [0.1, 0.15) is 46.6 Å². The Labute approximate surface area is 114 Å². The van der Waals surface area contributed by atoms with Gasteiger partial charge in [-0.25, -0.2) is 0 Å².